The second kappa shape index (κ2) is 7.19. The van der Waals surface area contributed by atoms with Gasteiger partial charge in [-0.15, -0.1) is 0 Å². The molecule has 2 rings (SSSR count). The average Bonchev–Trinajstić information content (AvgIpc) is 2.81. The first kappa shape index (κ1) is 13.9. The van der Waals surface area contributed by atoms with Crippen LogP contribution in [0.4, 0.5) is 4.79 Å². The van der Waals surface area contributed by atoms with Gasteiger partial charge in [0.05, 0.1) is 12.8 Å². The minimum absolute atomic E-state index is 0.0710. The summed E-state index contributed by atoms with van der Waals surface area (Å²) in [5.41, 5.74) is 0. The highest BCUT2D eigenvalue weighted by Gasteiger charge is 2.19. The van der Waals surface area contributed by atoms with E-state index in [0.29, 0.717) is 0 Å². The van der Waals surface area contributed by atoms with Crippen LogP contribution in [0.1, 0.15) is 25.5 Å². The molecule has 0 unspecified atom stereocenters. The Hall–Kier alpha value is -1.49. The first-order valence-corrected chi connectivity index (χ1v) is 7.07. The number of urea groups is 1. The molecule has 2 amide bonds. The van der Waals surface area contributed by atoms with E-state index < -0.39 is 0 Å². The van der Waals surface area contributed by atoms with Crippen LogP contribution < -0.4 is 5.32 Å². The van der Waals surface area contributed by atoms with Crippen LogP contribution in [0.25, 0.3) is 0 Å². The molecule has 0 aliphatic carbocycles. The summed E-state index contributed by atoms with van der Waals surface area (Å²) >= 11 is 0. The fourth-order valence-corrected chi connectivity index (χ4v) is 2.30. The van der Waals surface area contributed by atoms with E-state index in [1.807, 2.05) is 17.0 Å². The van der Waals surface area contributed by atoms with E-state index in [9.17, 15) is 4.79 Å². The number of amides is 2. The van der Waals surface area contributed by atoms with Gasteiger partial charge in [0.15, 0.2) is 0 Å². The molecule has 0 spiro atoms. The Morgan fingerprint density at radius 3 is 3.00 bits per heavy atom. The zero-order chi connectivity index (χ0) is 13.5. The number of carbonyl (C=O) groups is 1. The number of nitrogens with zero attached hydrogens (tertiary/aromatic N) is 2. The summed E-state index contributed by atoms with van der Waals surface area (Å²) in [6, 6.07) is 3.98. The van der Waals surface area contributed by atoms with Crippen molar-refractivity contribution in [3.05, 3.63) is 24.2 Å². The Morgan fingerprint density at radius 1 is 1.37 bits per heavy atom. The fraction of sp³-hybridized carbons (Fsp3) is 0.643. The Kier molecular flexibility index (Phi) is 5.27. The molecule has 0 bridgehead atoms. The van der Waals surface area contributed by atoms with Crippen molar-refractivity contribution < 1.29 is 9.21 Å². The molecule has 0 atom stereocenters. The topological polar surface area (TPSA) is 48.7 Å². The van der Waals surface area contributed by atoms with Crippen LogP contribution in [-0.4, -0.2) is 48.6 Å². The fourth-order valence-electron chi connectivity index (χ4n) is 2.30. The monoisotopic (exact) mass is 265 g/mol. The average molecular weight is 265 g/mol. The highest BCUT2D eigenvalue weighted by atomic mass is 16.3. The first-order valence-electron chi connectivity index (χ1n) is 7.07. The van der Waals surface area contributed by atoms with Crippen molar-refractivity contribution in [3.63, 3.8) is 0 Å². The van der Waals surface area contributed by atoms with Crippen LogP contribution in [0.15, 0.2) is 22.8 Å². The quantitative estimate of drug-likeness (QED) is 0.904. The Bertz CT molecular complexity index is 378. The van der Waals surface area contributed by atoms with Crippen molar-refractivity contribution in [1.82, 2.24) is 15.1 Å². The number of hydrogen-bond acceptors (Lipinski definition) is 3. The maximum absolute atomic E-state index is 11.9. The molecule has 0 aromatic carbocycles. The second-order valence-corrected chi connectivity index (χ2v) is 4.93. The number of hydrogen-bond donors (Lipinski definition) is 1. The molecule has 106 valence electrons. The van der Waals surface area contributed by atoms with Gasteiger partial charge in [0.2, 0.25) is 0 Å². The largest absolute Gasteiger partial charge is 0.468 e. The molecule has 5 heteroatoms. The molecule has 0 saturated carbocycles. The van der Waals surface area contributed by atoms with E-state index in [2.05, 4.69) is 17.1 Å². The van der Waals surface area contributed by atoms with Crippen molar-refractivity contribution >= 4 is 6.03 Å². The zero-order valence-corrected chi connectivity index (χ0v) is 11.6. The van der Waals surface area contributed by atoms with Crippen LogP contribution in [0, 0.1) is 0 Å². The van der Waals surface area contributed by atoms with Crippen LogP contribution in [0.2, 0.25) is 0 Å². The lowest BCUT2D eigenvalue weighted by Gasteiger charge is -2.21. The van der Waals surface area contributed by atoms with Gasteiger partial charge in [0.1, 0.15) is 5.76 Å². The van der Waals surface area contributed by atoms with Gasteiger partial charge < -0.3 is 14.6 Å². The number of carbonyl (C=O) groups excluding carboxylic acids is 1. The molecule has 0 radical (unpaired) electrons. The van der Waals surface area contributed by atoms with Crippen molar-refractivity contribution in [3.8, 4) is 0 Å². The summed E-state index contributed by atoms with van der Waals surface area (Å²) in [4.78, 5) is 16.2. The van der Waals surface area contributed by atoms with Crippen LogP contribution >= 0.6 is 0 Å². The van der Waals surface area contributed by atoms with Crippen molar-refractivity contribution in [1.29, 1.82) is 0 Å². The summed E-state index contributed by atoms with van der Waals surface area (Å²) in [6.07, 6.45) is 3.70. The smallest absolute Gasteiger partial charge is 0.317 e. The molecule has 1 saturated heterocycles. The van der Waals surface area contributed by atoms with Gasteiger partial charge in [-0.25, -0.2) is 4.79 Å². The van der Waals surface area contributed by atoms with E-state index >= 15 is 0 Å². The van der Waals surface area contributed by atoms with Crippen molar-refractivity contribution in [2.24, 2.45) is 0 Å². The molecule has 19 heavy (non-hydrogen) atoms. The van der Waals surface area contributed by atoms with Crippen LogP contribution in [0.5, 0.6) is 0 Å². The van der Waals surface area contributed by atoms with Gasteiger partial charge in [-0.2, -0.15) is 0 Å². The van der Waals surface area contributed by atoms with Gasteiger partial charge >= 0.3 is 6.03 Å². The molecule has 5 nitrogen and oxygen atoms in total. The van der Waals surface area contributed by atoms with E-state index in [1.54, 1.807) is 6.26 Å². The lowest BCUT2D eigenvalue weighted by molar-refractivity contribution is 0.196. The minimum atomic E-state index is 0.0710. The second-order valence-electron chi connectivity index (χ2n) is 4.93. The summed E-state index contributed by atoms with van der Waals surface area (Å²) in [7, 11) is 0. The van der Waals surface area contributed by atoms with Gasteiger partial charge in [-0.1, -0.05) is 6.92 Å². The molecule has 1 aromatic rings. The number of furan rings is 1. The zero-order valence-electron chi connectivity index (χ0n) is 11.6. The molecular weight excluding hydrogens is 242 g/mol. The third kappa shape index (κ3) is 4.28. The lowest BCUT2D eigenvalue weighted by Crippen LogP contribution is -2.42. The molecule has 1 aromatic heterocycles. The highest BCUT2D eigenvalue weighted by Crippen LogP contribution is 2.09. The van der Waals surface area contributed by atoms with Crippen LogP contribution in [0.3, 0.4) is 0 Å². The standard InChI is InChI=1S/C14H23N3O2/c1-2-6-15-14(18)17-8-4-7-16(9-10-17)12-13-5-3-11-19-13/h3,5,11H,2,4,6-10,12H2,1H3,(H,15,18). The van der Waals surface area contributed by atoms with Crippen molar-refractivity contribution in [2.75, 3.05) is 32.7 Å². The maximum Gasteiger partial charge on any atom is 0.317 e. The van der Waals surface area contributed by atoms with E-state index in [-0.39, 0.29) is 6.03 Å². The lowest BCUT2D eigenvalue weighted by atomic mass is 10.3. The summed E-state index contributed by atoms with van der Waals surface area (Å²) in [5, 5.41) is 2.94. The minimum Gasteiger partial charge on any atom is -0.468 e. The predicted octanol–water partition coefficient (Wildman–Crippen LogP) is 1.91. The normalized spacial score (nSPS) is 17.2. The molecule has 1 aliphatic rings. The molecular formula is C14H23N3O2. The molecule has 1 fully saturated rings. The third-order valence-electron chi connectivity index (χ3n) is 3.36. The summed E-state index contributed by atoms with van der Waals surface area (Å²) in [5.74, 6) is 0.990. The van der Waals surface area contributed by atoms with E-state index in [4.69, 9.17) is 4.42 Å². The van der Waals surface area contributed by atoms with Gasteiger partial charge in [0.25, 0.3) is 0 Å². The number of rotatable bonds is 4. The summed E-state index contributed by atoms with van der Waals surface area (Å²) < 4.78 is 5.37. The SMILES string of the molecule is CCCNC(=O)N1CCCN(Cc2ccco2)CC1. The van der Waals surface area contributed by atoms with Gasteiger partial charge in [-0.05, 0) is 25.0 Å². The van der Waals surface area contributed by atoms with Gasteiger partial charge in [0, 0.05) is 32.7 Å². The molecule has 1 aliphatic heterocycles. The van der Waals surface area contributed by atoms with Crippen molar-refractivity contribution in [2.45, 2.75) is 26.3 Å². The Balaban J connectivity index is 1.79. The first-order chi connectivity index (χ1) is 9.29. The Labute approximate surface area is 114 Å². The maximum atomic E-state index is 11.9. The van der Waals surface area contributed by atoms with E-state index in [1.165, 1.54) is 0 Å². The highest BCUT2D eigenvalue weighted by molar-refractivity contribution is 5.74. The van der Waals surface area contributed by atoms with E-state index in [0.717, 1.165) is 57.9 Å². The summed E-state index contributed by atoms with van der Waals surface area (Å²) in [6.45, 7) is 7.19. The Morgan fingerprint density at radius 2 is 2.26 bits per heavy atom. The third-order valence-corrected chi connectivity index (χ3v) is 3.36. The molecule has 1 N–H and O–H groups in total. The number of nitrogens with one attached hydrogen (secondary N) is 1. The predicted molar refractivity (Wildman–Crippen MR) is 73.9 cm³/mol. The van der Waals surface area contributed by atoms with Gasteiger partial charge in [-0.3, -0.25) is 4.90 Å². The van der Waals surface area contributed by atoms with Crippen LogP contribution in [-0.2, 0) is 6.54 Å². The molecule has 2 heterocycles.